The van der Waals surface area contributed by atoms with Crippen molar-refractivity contribution in [1.82, 2.24) is 0 Å². The molecule has 20 heavy (non-hydrogen) atoms. The molecule has 0 bridgehead atoms. The number of rotatable bonds is 4. The fourth-order valence-corrected chi connectivity index (χ4v) is 2.45. The average molecular weight is 359 g/mol. The largest absolute Gasteiger partial charge is 0.481 e. The van der Waals surface area contributed by atoms with E-state index in [1.54, 1.807) is 25.1 Å². The molecule has 106 valence electrons. The Hall–Kier alpha value is -1.10. The first-order chi connectivity index (χ1) is 9.49. The molecule has 0 saturated heterocycles. The van der Waals surface area contributed by atoms with E-state index in [1.165, 1.54) is 6.07 Å². The average Bonchev–Trinajstić information content (AvgIpc) is 2.40. The maximum atomic E-state index is 13.8. The zero-order valence-electron chi connectivity index (χ0n) is 10.8. The van der Waals surface area contributed by atoms with E-state index in [0.29, 0.717) is 5.02 Å². The Labute approximate surface area is 130 Å². The number of hydrogen-bond donors (Lipinski definition) is 1. The lowest BCUT2D eigenvalue weighted by Crippen LogP contribution is -2.29. The van der Waals surface area contributed by atoms with Gasteiger partial charge in [-0.1, -0.05) is 45.7 Å². The molecule has 2 N–H and O–H groups in total. The third kappa shape index (κ3) is 3.51. The van der Waals surface area contributed by atoms with E-state index in [2.05, 4.69) is 15.9 Å². The van der Waals surface area contributed by atoms with Crippen LogP contribution in [0, 0.1) is 5.82 Å². The lowest BCUT2D eigenvalue weighted by atomic mass is 10.0. The third-order valence-corrected chi connectivity index (χ3v) is 3.67. The molecule has 2 nitrogen and oxygen atoms in total. The van der Waals surface area contributed by atoms with Crippen molar-refractivity contribution in [1.29, 1.82) is 0 Å². The predicted molar refractivity (Wildman–Crippen MR) is 82.6 cm³/mol. The first-order valence-corrected chi connectivity index (χ1v) is 7.28. The van der Waals surface area contributed by atoms with E-state index in [9.17, 15) is 4.39 Å². The van der Waals surface area contributed by atoms with Crippen LogP contribution in [0.5, 0.6) is 5.75 Å². The minimum absolute atomic E-state index is 0.140. The van der Waals surface area contributed by atoms with Crippen molar-refractivity contribution in [3.63, 3.8) is 0 Å². The molecule has 0 aliphatic carbocycles. The molecule has 0 heterocycles. The Balaban J connectivity index is 2.36. The fraction of sp³-hybridized carbons (Fsp3) is 0.200. The Morgan fingerprint density at radius 1 is 1.25 bits per heavy atom. The van der Waals surface area contributed by atoms with Crippen LogP contribution in [0.15, 0.2) is 46.9 Å². The van der Waals surface area contributed by atoms with Crippen LogP contribution >= 0.6 is 27.5 Å². The van der Waals surface area contributed by atoms with Gasteiger partial charge >= 0.3 is 0 Å². The van der Waals surface area contributed by atoms with Gasteiger partial charge in [-0.2, -0.15) is 0 Å². The molecule has 0 radical (unpaired) electrons. The molecule has 2 aromatic rings. The van der Waals surface area contributed by atoms with E-state index in [1.807, 2.05) is 18.2 Å². The second-order valence-corrected chi connectivity index (χ2v) is 5.82. The third-order valence-electron chi connectivity index (χ3n) is 2.84. The van der Waals surface area contributed by atoms with Crippen molar-refractivity contribution in [3.05, 3.63) is 63.3 Å². The van der Waals surface area contributed by atoms with E-state index in [4.69, 9.17) is 22.1 Å². The van der Waals surface area contributed by atoms with E-state index < -0.39 is 11.9 Å². The van der Waals surface area contributed by atoms with E-state index in [0.717, 1.165) is 10.0 Å². The second-order valence-electron chi connectivity index (χ2n) is 4.49. The number of halogens is 3. The molecule has 0 fully saturated rings. The number of ether oxygens (including phenoxy) is 1. The summed E-state index contributed by atoms with van der Waals surface area (Å²) in [6.45, 7) is 1.80. The molecular formula is C15H14BrClFNO. The van der Waals surface area contributed by atoms with Gasteiger partial charge < -0.3 is 10.5 Å². The molecular weight excluding hydrogens is 345 g/mol. The lowest BCUT2D eigenvalue weighted by molar-refractivity contribution is 0.172. The number of nitrogens with two attached hydrogens (primary N) is 1. The quantitative estimate of drug-likeness (QED) is 0.859. The van der Waals surface area contributed by atoms with Crippen LogP contribution in [0.4, 0.5) is 4.39 Å². The Morgan fingerprint density at radius 3 is 2.60 bits per heavy atom. The van der Waals surface area contributed by atoms with Gasteiger partial charge in [0.15, 0.2) is 11.6 Å². The molecule has 0 amide bonds. The predicted octanol–water partition coefficient (Wildman–Crippen LogP) is 4.71. The zero-order chi connectivity index (χ0) is 14.7. The molecule has 0 spiro atoms. The summed E-state index contributed by atoms with van der Waals surface area (Å²) >= 11 is 9.45. The van der Waals surface area contributed by atoms with Gasteiger partial charge in [-0.05, 0) is 31.2 Å². The van der Waals surface area contributed by atoms with E-state index >= 15 is 0 Å². The summed E-state index contributed by atoms with van der Waals surface area (Å²) in [5, 5.41) is 0.546. The monoisotopic (exact) mass is 357 g/mol. The normalized spacial score (nSPS) is 13.8. The van der Waals surface area contributed by atoms with Crippen LogP contribution in [0.3, 0.4) is 0 Å². The van der Waals surface area contributed by atoms with Crippen molar-refractivity contribution in [2.75, 3.05) is 0 Å². The zero-order valence-corrected chi connectivity index (χ0v) is 13.2. The maximum Gasteiger partial charge on any atom is 0.165 e. The lowest BCUT2D eigenvalue weighted by Gasteiger charge is -2.24. The van der Waals surface area contributed by atoms with Crippen molar-refractivity contribution in [2.24, 2.45) is 5.73 Å². The first kappa shape index (κ1) is 15.3. The number of hydrogen-bond acceptors (Lipinski definition) is 2. The molecule has 2 atom stereocenters. The molecule has 2 unspecified atom stereocenters. The van der Waals surface area contributed by atoms with Crippen LogP contribution in [-0.2, 0) is 0 Å². The minimum Gasteiger partial charge on any atom is -0.481 e. The topological polar surface area (TPSA) is 35.2 Å². The van der Waals surface area contributed by atoms with Gasteiger partial charge in [0.1, 0.15) is 6.10 Å². The van der Waals surface area contributed by atoms with Crippen LogP contribution < -0.4 is 10.5 Å². The Bertz CT molecular complexity index is 606. The molecule has 0 saturated carbocycles. The maximum absolute atomic E-state index is 13.8. The van der Waals surface area contributed by atoms with Crippen molar-refractivity contribution >= 4 is 27.5 Å². The van der Waals surface area contributed by atoms with Gasteiger partial charge in [-0.15, -0.1) is 0 Å². The molecule has 2 rings (SSSR count). The highest BCUT2D eigenvalue weighted by Gasteiger charge is 2.22. The summed E-state index contributed by atoms with van der Waals surface area (Å²) in [6, 6.07) is 11.4. The van der Waals surface area contributed by atoms with Crippen molar-refractivity contribution < 1.29 is 9.13 Å². The summed E-state index contributed by atoms with van der Waals surface area (Å²) in [7, 11) is 0. The molecule has 2 aromatic carbocycles. The van der Waals surface area contributed by atoms with Crippen molar-refractivity contribution in [3.8, 4) is 5.75 Å². The fourth-order valence-electron chi connectivity index (χ4n) is 1.86. The van der Waals surface area contributed by atoms with Crippen molar-refractivity contribution in [2.45, 2.75) is 19.1 Å². The highest BCUT2D eigenvalue weighted by molar-refractivity contribution is 9.10. The van der Waals surface area contributed by atoms with Gasteiger partial charge in [0.25, 0.3) is 0 Å². The van der Waals surface area contributed by atoms with Gasteiger partial charge in [0, 0.05) is 21.1 Å². The van der Waals surface area contributed by atoms with Gasteiger partial charge in [0.2, 0.25) is 0 Å². The first-order valence-electron chi connectivity index (χ1n) is 6.10. The smallest absolute Gasteiger partial charge is 0.165 e. The SMILES string of the molecule is CC(N)C(Oc1cc(Br)ccc1F)c1ccccc1Cl. The summed E-state index contributed by atoms with van der Waals surface area (Å²) in [5.41, 5.74) is 6.70. The highest BCUT2D eigenvalue weighted by atomic mass is 79.9. The van der Waals surface area contributed by atoms with E-state index in [-0.39, 0.29) is 11.8 Å². The summed E-state index contributed by atoms with van der Waals surface area (Å²) in [5.74, 6) is -0.299. The summed E-state index contributed by atoms with van der Waals surface area (Å²) in [6.07, 6.45) is -0.521. The Morgan fingerprint density at radius 2 is 1.95 bits per heavy atom. The summed E-state index contributed by atoms with van der Waals surface area (Å²) in [4.78, 5) is 0. The molecule has 0 aliphatic heterocycles. The molecule has 0 aromatic heterocycles. The highest BCUT2D eigenvalue weighted by Crippen LogP contribution is 2.31. The number of benzene rings is 2. The van der Waals surface area contributed by atoms with Crippen LogP contribution in [0.25, 0.3) is 0 Å². The second kappa shape index (κ2) is 6.57. The van der Waals surface area contributed by atoms with Gasteiger partial charge in [0.05, 0.1) is 0 Å². The summed E-state index contributed by atoms with van der Waals surface area (Å²) < 4.78 is 20.3. The van der Waals surface area contributed by atoms with Crippen LogP contribution in [0.2, 0.25) is 5.02 Å². The molecule has 0 aliphatic rings. The Kier molecular flexibility index (Phi) is 5.02. The van der Waals surface area contributed by atoms with Crippen LogP contribution in [0.1, 0.15) is 18.6 Å². The van der Waals surface area contributed by atoms with Gasteiger partial charge in [-0.25, -0.2) is 4.39 Å². The molecule has 5 heteroatoms. The van der Waals surface area contributed by atoms with Crippen LogP contribution in [-0.4, -0.2) is 6.04 Å². The minimum atomic E-state index is -0.521. The van der Waals surface area contributed by atoms with Gasteiger partial charge in [-0.3, -0.25) is 0 Å². The standard InChI is InChI=1S/C15H14BrClFNO/c1-9(19)15(11-4-2-3-5-12(11)17)20-14-8-10(16)6-7-13(14)18/h2-9,15H,19H2,1H3.